The van der Waals surface area contributed by atoms with E-state index in [0.717, 1.165) is 41.2 Å². The van der Waals surface area contributed by atoms with Gasteiger partial charge in [0, 0.05) is 39.0 Å². The number of rotatable bonds is 8. The third kappa shape index (κ3) is 6.87. The smallest absolute Gasteiger partial charge is 0.0718 e. The van der Waals surface area contributed by atoms with E-state index in [1.807, 2.05) is 0 Å². The van der Waals surface area contributed by atoms with Crippen LogP contribution in [0.4, 0.5) is 28.4 Å². The fourth-order valence-corrected chi connectivity index (χ4v) is 14.1. The highest BCUT2D eigenvalue weighted by Crippen LogP contribution is 2.65. The van der Waals surface area contributed by atoms with Crippen LogP contribution < -0.4 is 9.80 Å². The summed E-state index contributed by atoms with van der Waals surface area (Å²) >= 11 is 0. The van der Waals surface area contributed by atoms with Gasteiger partial charge in [-0.05, 0) is 146 Å². The van der Waals surface area contributed by atoms with Crippen LogP contribution in [0.3, 0.4) is 0 Å². The lowest BCUT2D eigenvalue weighted by Gasteiger charge is -2.46. The lowest BCUT2D eigenvalue weighted by Crippen LogP contribution is -2.37. The number of anilines is 5. The van der Waals surface area contributed by atoms with Gasteiger partial charge in [-0.15, -0.1) is 0 Å². The largest absolute Gasteiger partial charge is 0.310 e. The van der Waals surface area contributed by atoms with Crippen LogP contribution >= 0.6 is 0 Å². The van der Waals surface area contributed by atoms with E-state index in [0.29, 0.717) is 0 Å². The number of hydrogen-bond donors (Lipinski definition) is 0. The molecule has 2 heterocycles. The molecule has 80 heavy (non-hydrogen) atoms. The van der Waals surface area contributed by atoms with Gasteiger partial charge in [-0.1, -0.05) is 231 Å². The molecular weight excluding hydrogens is 967 g/mol. The number of para-hydroxylation sites is 6. The average molecular weight is 1020 g/mol. The number of nitrogens with zero attached hydrogens (tertiary/aromatic N) is 3. The van der Waals surface area contributed by atoms with Crippen molar-refractivity contribution >= 4 is 66.6 Å². The van der Waals surface area contributed by atoms with E-state index in [-0.39, 0.29) is 0 Å². The Hall–Kier alpha value is -10.2. The Morgan fingerprint density at radius 1 is 0.362 bits per heavy atom. The first-order chi connectivity index (χ1) is 39.7. The van der Waals surface area contributed by atoms with E-state index in [1.165, 1.54) is 111 Å². The standard InChI is InChI=1S/C77H53N3/c1-2-26-55(27-3-1)79-73-44-18-13-38-67(73)77(68-39-14-19-45-74(68)79)66-37-12-8-35-65(66)76-69(77)40-22-46-75(76)78(70-41-15-9-32-62(70)61-31-7-6-30-60(61)59-36-21-24-53-23-4-5-29-58(53)59)56-49-47-52(48-50-56)54-25-20-28-57(51-54)80-71-42-16-10-33-63(71)64-34-11-17-43-72(64)80/h1-21,23-39,41-51H,22,40H2. The van der Waals surface area contributed by atoms with Gasteiger partial charge in [0.05, 0.1) is 39.2 Å². The molecule has 1 spiro atoms. The van der Waals surface area contributed by atoms with Crippen LogP contribution in [-0.2, 0) is 5.41 Å². The predicted molar refractivity (Wildman–Crippen MR) is 335 cm³/mol. The summed E-state index contributed by atoms with van der Waals surface area (Å²) in [6.07, 6.45) is 4.33. The van der Waals surface area contributed by atoms with Crippen molar-refractivity contribution in [1.82, 2.24) is 4.57 Å². The van der Waals surface area contributed by atoms with Crippen molar-refractivity contribution in [3.05, 3.63) is 331 Å². The minimum absolute atomic E-state index is 0.540. The van der Waals surface area contributed by atoms with Crippen LogP contribution in [0.5, 0.6) is 0 Å². The van der Waals surface area contributed by atoms with Gasteiger partial charge in [0.1, 0.15) is 0 Å². The molecule has 0 radical (unpaired) electrons. The molecule has 0 saturated heterocycles. The summed E-state index contributed by atoms with van der Waals surface area (Å²) in [5.74, 6) is 0. The van der Waals surface area contributed by atoms with Crippen molar-refractivity contribution in [1.29, 1.82) is 0 Å². The second-order valence-electron chi connectivity index (χ2n) is 21.4. The lowest BCUT2D eigenvalue weighted by molar-refractivity contribution is 0.685. The normalized spacial score (nSPS) is 14.0. The molecule has 3 nitrogen and oxygen atoms in total. The predicted octanol–water partition coefficient (Wildman–Crippen LogP) is 20.3. The minimum atomic E-state index is -0.540. The SMILES string of the molecule is C1=C(N(c2ccc(-c3cccc(-n4c5ccccc5c5ccccc54)c3)cc2)c2ccccc2-c2ccccc2-c2cccc3ccccc23)C2=C(CC1)C1(c3ccccc32)c2ccccc2N(c2ccccc2)c2ccccc21. The van der Waals surface area contributed by atoms with E-state index >= 15 is 0 Å². The Morgan fingerprint density at radius 2 is 0.887 bits per heavy atom. The summed E-state index contributed by atoms with van der Waals surface area (Å²) in [5.41, 5.74) is 25.1. The molecular formula is C77H53N3. The third-order valence-electron chi connectivity index (χ3n) is 17.3. The van der Waals surface area contributed by atoms with Crippen molar-refractivity contribution in [2.45, 2.75) is 18.3 Å². The lowest BCUT2D eigenvalue weighted by atomic mass is 9.62. The van der Waals surface area contributed by atoms with Crippen molar-refractivity contribution in [3.63, 3.8) is 0 Å². The Kier molecular flexibility index (Phi) is 10.6. The second-order valence-corrected chi connectivity index (χ2v) is 21.4. The minimum Gasteiger partial charge on any atom is -0.310 e. The van der Waals surface area contributed by atoms with Gasteiger partial charge in [0.25, 0.3) is 0 Å². The highest BCUT2D eigenvalue weighted by atomic mass is 15.2. The molecule has 0 saturated carbocycles. The molecule has 12 aromatic carbocycles. The number of fused-ring (bicyclic) bond motifs is 12. The van der Waals surface area contributed by atoms with Crippen molar-refractivity contribution in [2.24, 2.45) is 0 Å². The van der Waals surface area contributed by atoms with Gasteiger partial charge in [0.15, 0.2) is 0 Å². The highest BCUT2D eigenvalue weighted by molar-refractivity contribution is 6.10. The van der Waals surface area contributed by atoms with E-state index < -0.39 is 5.41 Å². The maximum absolute atomic E-state index is 2.59. The zero-order chi connectivity index (χ0) is 52.7. The van der Waals surface area contributed by atoms with Gasteiger partial charge in [0.2, 0.25) is 0 Å². The summed E-state index contributed by atoms with van der Waals surface area (Å²) in [4.78, 5) is 5.07. The molecule has 3 heteroatoms. The summed E-state index contributed by atoms with van der Waals surface area (Å²) < 4.78 is 2.41. The molecule has 2 aliphatic carbocycles. The molecule has 0 N–H and O–H groups in total. The number of hydrogen-bond acceptors (Lipinski definition) is 2. The Labute approximate surface area is 466 Å². The van der Waals surface area contributed by atoms with Crippen LogP contribution in [0.2, 0.25) is 0 Å². The fourth-order valence-electron chi connectivity index (χ4n) is 14.1. The van der Waals surface area contributed by atoms with E-state index in [1.54, 1.807) is 0 Å². The first kappa shape index (κ1) is 45.9. The molecule has 0 atom stereocenters. The van der Waals surface area contributed by atoms with Gasteiger partial charge in [-0.3, -0.25) is 0 Å². The molecule has 1 aromatic heterocycles. The maximum atomic E-state index is 2.59. The third-order valence-corrected chi connectivity index (χ3v) is 17.3. The van der Waals surface area contributed by atoms with Crippen LogP contribution in [-0.4, -0.2) is 4.57 Å². The fraction of sp³-hybridized carbons (Fsp3) is 0.0390. The second kappa shape index (κ2) is 18.5. The van der Waals surface area contributed by atoms with Crippen molar-refractivity contribution < 1.29 is 0 Å². The van der Waals surface area contributed by atoms with E-state index in [4.69, 9.17) is 0 Å². The summed E-state index contributed by atoms with van der Waals surface area (Å²) in [5, 5.41) is 4.99. The summed E-state index contributed by atoms with van der Waals surface area (Å²) in [7, 11) is 0. The van der Waals surface area contributed by atoms with E-state index in [2.05, 4.69) is 312 Å². The Morgan fingerprint density at radius 3 is 1.61 bits per heavy atom. The van der Waals surface area contributed by atoms with Gasteiger partial charge < -0.3 is 14.4 Å². The highest BCUT2D eigenvalue weighted by Gasteiger charge is 2.54. The van der Waals surface area contributed by atoms with E-state index in [9.17, 15) is 0 Å². The Balaban J connectivity index is 0.910. The topological polar surface area (TPSA) is 11.4 Å². The monoisotopic (exact) mass is 1020 g/mol. The molecule has 3 aliphatic rings. The number of aromatic nitrogens is 1. The molecule has 13 aromatic rings. The Bertz CT molecular complexity index is 4560. The first-order valence-corrected chi connectivity index (χ1v) is 28.0. The van der Waals surface area contributed by atoms with Crippen molar-refractivity contribution in [3.8, 4) is 39.1 Å². The summed E-state index contributed by atoms with van der Waals surface area (Å²) in [6.45, 7) is 0. The van der Waals surface area contributed by atoms with Gasteiger partial charge >= 0.3 is 0 Å². The molecule has 0 unspecified atom stereocenters. The maximum Gasteiger partial charge on any atom is 0.0718 e. The molecule has 376 valence electrons. The molecule has 0 fully saturated rings. The number of benzene rings is 12. The zero-order valence-corrected chi connectivity index (χ0v) is 44.0. The van der Waals surface area contributed by atoms with Gasteiger partial charge in [-0.2, -0.15) is 0 Å². The molecule has 0 amide bonds. The molecule has 16 rings (SSSR count). The summed E-state index contributed by atoms with van der Waals surface area (Å²) in [6, 6.07) is 108. The first-order valence-electron chi connectivity index (χ1n) is 28.0. The average Bonchev–Trinajstić information content (AvgIpc) is 4.24. The van der Waals surface area contributed by atoms with Crippen molar-refractivity contribution in [2.75, 3.05) is 9.80 Å². The van der Waals surface area contributed by atoms with Crippen LogP contribution in [0.1, 0.15) is 35.1 Å². The molecule has 0 bridgehead atoms. The van der Waals surface area contributed by atoms with Crippen LogP contribution in [0.15, 0.2) is 309 Å². The van der Waals surface area contributed by atoms with Crippen LogP contribution in [0.25, 0.3) is 77.2 Å². The van der Waals surface area contributed by atoms with Crippen LogP contribution in [0, 0.1) is 0 Å². The molecule has 1 aliphatic heterocycles. The van der Waals surface area contributed by atoms with Gasteiger partial charge in [-0.25, -0.2) is 0 Å². The quantitative estimate of drug-likeness (QED) is 0.150. The number of allylic oxidation sites excluding steroid dienone is 3. The zero-order valence-electron chi connectivity index (χ0n) is 44.0.